The van der Waals surface area contributed by atoms with Crippen molar-refractivity contribution in [2.75, 3.05) is 0 Å². The fourth-order valence-corrected chi connectivity index (χ4v) is 1.37. The van der Waals surface area contributed by atoms with Gasteiger partial charge in [0.25, 0.3) is 0 Å². The fourth-order valence-electron chi connectivity index (χ4n) is 1.37. The maximum atomic E-state index is 10.9. The van der Waals surface area contributed by atoms with Crippen molar-refractivity contribution in [3.05, 3.63) is 35.9 Å². The van der Waals surface area contributed by atoms with Crippen LogP contribution in [-0.2, 0) is 4.79 Å². The molecule has 1 rings (SSSR count). The van der Waals surface area contributed by atoms with Crippen LogP contribution < -0.4 is 0 Å². The van der Waals surface area contributed by atoms with Crippen molar-refractivity contribution in [1.29, 1.82) is 0 Å². The average molecular weight is 210 g/mol. The molecular weight excluding hydrogens is 196 g/mol. The monoisotopic (exact) mass is 210 g/mol. The SMILES string of the molecule is CCC(O)(C(=O)O)C(O)c1ccccc1. The second kappa shape index (κ2) is 4.42. The van der Waals surface area contributed by atoms with Crippen LogP contribution >= 0.6 is 0 Å². The average Bonchev–Trinajstić information content (AvgIpc) is 2.28. The minimum atomic E-state index is -2.12. The lowest BCUT2D eigenvalue weighted by Gasteiger charge is -2.27. The van der Waals surface area contributed by atoms with Gasteiger partial charge in [-0.15, -0.1) is 0 Å². The largest absolute Gasteiger partial charge is 0.479 e. The number of carboxylic acids is 1. The van der Waals surface area contributed by atoms with Crippen LogP contribution in [0.1, 0.15) is 25.0 Å². The number of carbonyl (C=O) groups is 1. The molecule has 0 bridgehead atoms. The molecule has 0 spiro atoms. The number of aliphatic carboxylic acids is 1. The van der Waals surface area contributed by atoms with Crippen molar-refractivity contribution < 1.29 is 20.1 Å². The van der Waals surface area contributed by atoms with Gasteiger partial charge >= 0.3 is 5.97 Å². The molecule has 4 nitrogen and oxygen atoms in total. The van der Waals surface area contributed by atoms with E-state index in [0.29, 0.717) is 5.56 Å². The zero-order chi connectivity index (χ0) is 11.5. The highest BCUT2D eigenvalue weighted by Crippen LogP contribution is 2.28. The van der Waals surface area contributed by atoms with E-state index >= 15 is 0 Å². The van der Waals surface area contributed by atoms with Gasteiger partial charge in [0.15, 0.2) is 5.60 Å². The molecule has 4 heteroatoms. The lowest BCUT2D eigenvalue weighted by Crippen LogP contribution is -2.43. The number of hydrogen-bond donors (Lipinski definition) is 3. The highest BCUT2D eigenvalue weighted by atomic mass is 16.4. The van der Waals surface area contributed by atoms with Gasteiger partial charge in [0.05, 0.1) is 0 Å². The molecule has 0 heterocycles. The summed E-state index contributed by atoms with van der Waals surface area (Å²) in [6, 6.07) is 8.26. The molecule has 15 heavy (non-hydrogen) atoms. The topological polar surface area (TPSA) is 77.8 Å². The summed E-state index contributed by atoms with van der Waals surface area (Å²) in [6.07, 6.45) is -1.47. The molecule has 3 N–H and O–H groups in total. The molecule has 0 aliphatic heterocycles. The van der Waals surface area contributed by atoms with Gasteiger partial charge in [-0.05, 0) is 12.0 Å². The minimum Gasteiger partial charge on any atom is -0.479 e. The summed E-state index contributed by atoms with van der Waals surface area (Å²) in [5.74, 6) is -1.42. The Morgan fingerprint density at radius 2 is 1.93 bits per heavy atom. The Bertz CT molecular complexity index is 336. The summed E-state index contributed by atoms with van der Waals surface area (Å²) in [4.78, 5) is 10.9. The number of hydrogen-bond acceptors (Lipinski definition) is 3. The van der Waals surface area contributed by atoms with Crippen LogP contribution in [0, 0.1) is 0 Å². The molecule has 0 aliphatic carbocycles. The van der Waals surface area contributed by atoms with Crippen LogP contribution in [0.4, 0.5) is 0 Å². The molecule has 0 fully saturated rings. The second-order valence-corrected chi connectivity index (χ2v) is 3.40. The molecule has 0 saturated carbocycles. The van der Waals surface area contributed by atoms with E-state index in [1.807, 2.05) is 0 Å². The predicted molar refractivity (Wildman–Crippen MR) is 54.3 cm³/mol. The Labute approximate surface area is 87.8 Å². The van der Waals surface area contributed by atoms with E-state index in [1.165, 1.54) is 6.92 Å². The van der Waals surface area contributed by atoms with Gasteiger partial charge in [-0.3, -0.25) is 0 Å². The third-order valence-electron chi connectivity index (χ3n) is 2.48. The molecule has 0 radical (unpaired) electrons. The van der Waals surface area contributed by atoms with Crippen molar-refractivity contribution in [2.45, 2.75) is 25.0 Å². The fraction of sp³-hybridized carbons (Fsp3) is 0.364. The van der Waals surface area contributed by atoms with Gasteiger partial charge in [0, 0.05) is 0 Å². The quantitative estimate of drug-likeness (QED) is 0.691. The van der Waals surface area contributed by atoms with E-state index in [0.717, 1.165) is 0 Å². The van der Waals surface area contributed by atoms with Gasteiger partial charge in [-0.25, -0.2) is 4.79 Å². The zero-order valence-electron chi connectivity index (χ0n) is 8.42. The molecule has 82 valence electrons. The predicted octanol–water partition coefficient (Wildman–Crippen LogP) is 0.946. The van der Waals surface area contributed by atoms with Crippen LogP contribution in [0.3, 0.4) is 0 Å². The minimum absolute atomic E-state index is 0.0571. The van der Waals surface area contributed by atoms with Gasteiger partial charge in [0.2, 0.25) is 0 Å². The van der Waals surface area contributed by atoms with Gasteiger partial charge in [-0.1, -0.05) is 37.3 Å². The normalized spacial score (nSPS) is 16.7. The maximum Gasteiger partial charge on any atom is 0.338 e. The smallest absolute Gasteiger partial charge is 0.338 e. The first-order chi connectivity index (χ1) is 7.02. The number of rotatable bonds is 4. The van der Waals surface area contributed by atoms with E-state index in [2.05, 4.69) is 0 Å². The highest BCUT2D eigenvalue weighted by molar-refractivity contribution is 5.78. The van der Waals surface area contributed by atoms with E-state index < -0.39 is 17.7 Å². The maximum absolute atomic E-state index is 10.9. The summed E-state index contributed by atoms with van der Waals surface area (Å²) < 4.78 is 0. The molecular formula is C11H14O4. The Morgan fingerprint density at radius 3 is 2.33 bits per heavy atom. The molecule has 0 aliphatic rings. The molecule has 0 aromatic heterocycles. The van der Waals surface area contributed by atoms with Crippen molar-refractivity contribution in [3.8, 4) is 0 Å². The summed E-state index contributed by atoms with van der Waals surface area (Å²) >= 11 is 0. The van der Waals surface area contributed by atoms with Crippen LogP contribution in [0.25, 0.3) is 0 Å². The first-order valence-corrected chi connectivity index (χ1v) is 4.71. The van der Waals surface area contributed by atoms with E-state index in [9.17, 15) is 15.0 Å². The number of benzene rings is 1. The number of aliphatic hydroxyl groups is 2. The Balaban J connectivity index is 3.02. The number of aliphatic hydroxyl groups excluding tert-OH is 1. The number of carboxylic acid groups (broad SMARTS) is 1. The molecule has 2 atom stereocenters. The summed E-state index contributed by atoms with van der Waals surface area (Å²) in [5.41, 5.74) is -1.73. The van der Waals surface area contributed by atoms with E-state index in [-0.39, 0.29) is 6.42 Å². The lowest BCUT2D eigenvalue weighted by molar-refractivity contribution is -0.173. The van der Waals surface area contributed by atoms with Gasteiger partial charge in [0.1, 0.15) is 6.10 Å². The summed E-state index contributed by atoms with van der Waals surface area (Å²) in [5, 5.41) is 28.4. The van der Waals surface area contributed by atoms with Crippen molar-refractivity contribution >= 4 is 5.97 Å². The van der Waals surface area contributed by atoms with Crippen LogP contribution in [0.5, 0.6) is 0 Å². The van der Waals surface area contributed by atoms with Crippen molar-refractivity contribution in [1.82, 2.24) is 0 Å². The highest BCUT2D eigenvalue weighted by Gasteiger charge is 2.42. The van der Waals surface area contributed by atoms with Crippen molar-refractivity contribution in [2.24, 2.45) is 0 Å². The molecule has 0 saturated heterocycles. The third kappa shape index (κ3) is 2.16. The zero-order valence-corrected chi connectivity index (χ0v) is 8.42. The van der Waals surface area contributed by atoms with Gasteiger partial charge < -0.3 is 15.3 Å². The van der Waals surface area contributed by atoms with Crippen LogP contribution in [-0.4, -0.2) is 26.9 Å². The molecule has 2 unspecified atom stereocenters. The van der Waals surface area contributed by atoms with Crippen LogP contribution in [0.2, 0.25) is 0 Å². The first-order valence-electron chi connectivity index (χ1n) is 4.71. The summed E-state index contributed by atoms with van der Waals surface area (Å²) in [7, 11) is 0. The Morgan fingerprint density at radius 1 is 1.40 bits per heavy atom. The standard InChI is InChI=1S/C11H14O4/c1-2-11(15,10(13)14)9(12)8-6-4-3-5-7-8/h3-7,9,12,15H,2H2,1H3,(H,13,14). The summed E-state index contributed by atoms with van der Waals surface area (Å²) in [6.45, 7) is 1.51. The van der Waals surface area contributed by atoms with Gasteiger partial charge in [-0.2, -0.15) is 0 Å². The molecule has 1 aromatic rings. The second-order valence-electron chi connectivity index (χ2n) is 3.40. The first kappa shape index (κ1) is 11.7. The van der Waals surface area contributed by atoms with E-state index in [4.69, 9.17) is 5.11 Å². The molecule has 0 amide bonds. The van der Waals surface area contributed by atoms with E-state index in [1.54, 1.807) is 30.3 Å². The Hall–Kier alpha value is -1.39. The molecule has 1 aromatic carbocycles. The van der Waals surface area contributed by atoms with Crippen LogP contribution in [0.15, 0.2) is 30.3 Å². The Kier molecular flexibility index (Phi) is 3.44. The third-order valence-corrected chi connectivity index (χ3v) is 2.48. The van der Waals surface area contributed by atoms with Crippen molar-refractivity contribution in [3.63, 3.8) is 0 Å². The lowest BCUT2D eigenvalue weighted by atomic mass is 9.89.